The van der Waals surface area contributed by atoms with Crippen LogP contribution in [0.4, 0.5) is 5.69 Å². The standard InChI is InChI=1S/C27H22ClN5O2/c1-3-25-29-12-10-22(33-25)20-5-4-11-30-27(20)35-24-9-7-19(13-16(24)2)31-26(34)23-15-17-14-18(28)6-8-21(17)32-23/h4-15,32H,3H2,1-2H3,(H,31,34). The first-order valence-corrected chi connectivity index (χ1v) is 11.5. The summed E-state index contributed by atoms with van der Waals surface area (Å²) in [6, 6.07) is 18.3. The summed E-state index contributed by atoms with van der Waals surface area (Å²) >= 11 is 6.05. The number of aromatic nitrogens is 4. The highest BCUT2D eigenvalue weighted by molar-refractivity contribution is 6.31. The van der Waals surface area contributed by atoms with E-state index < -0.39 is 0 Å². The van der Waals surface area contributed by atoms with E-state index in [2.05, 4.69) is 25.3 Å². The van der Waals surface area contributed by atoms with Gasteiger partial charge >= 0.3 is 0 Å². The monoisotopic (exact) mass is 483 g/mol. The zero-order valence-electron chi connectivity index (χ0n) is 19.2. The van der Waals surface area contributed by atoms with Crippen molar-refractivity contribution in [2.45, 2.75) is 20.3 Å². The maximum atomic E-state index is 12.8. The zero-order valence-corrected chi connectivity index (χ0v) is 19.9. The molecule has 0 atom stereocenters. The molecule has 3 aromatic heterocycles. The van der Waals surface area contributed by atoms with Gasteiger partial charge < -0.3 is 15.0 Å². The summed E-state index contributed by atoms with van der Waals surface area (Å²) in [5.74, 6) is 1.59. The van der Waals surface area contributed by atoms with Crippen LogP contribution >= 0.6 is 11.6 Å². The molecule has 2 N–H and O–H groups in total. The average Bonchev–Trinajstić information content (AvgIpc) is 3.29. The summed E-state index contributed by atoms with van der Waals surface area (Å²) in [7, 11) is 0. The van der Waals surface area contributed by atoms with Gasteiger partial charge in [0.05, 0.1) is 11.3 Å². The number of hydrogen-bond acceptors (Lipinski definition) is 5. The van der Waals surface area contributed by atoms with Gasteiger partial charge in [-0.2, -0.15) is 0 Å². The van der Waals surface area contributed by atoms with E-state index in [0.29, 0.717) is 28.0 Å². The van der Waals surface area contributed by atoms with Gasteiger partial charge in [0, 0.05) is 40.4 Å². The van der Waals surface area contributed by atoms with E-state index >= 15 is 0 Å². The Bertz CT molecular complexity index is 1550. The Labute approximate surface area is 207 Å². The Kier molecular flexibility index (Phi) is 6.16. The molecule has 35 heavy (non-hydrogen) atoms. The molecule has 2 aromatic carbocycles. The number of rotatable bonds is 6. The van der Waals surface area contributed by atoms with Crippen LogP contribution in [0.2, 0.25) is 5.02 Å². The topological polar surface area (TPSA) is 92.8 Å². The molecular weight excluding hydrogens is 462 g/mol. The first-order chi connectivity index (χ1) is 17.0. The molecule has 0 radical (unpaired) electrons. The minimum atomic E-state index is -0.243. The number of halogens is 1. The molecule has 5 rings (SSSR count). The van der Waals surface area contributed by atoms with Gasteiger partial charge in [-0.05, 0) is 73.2 Å². The third-order valence-electron chi connectivity index (χ3n) is 5.54. The molecule has 5 aromatic rings. The summed E-state index contributed by atoms with van der Waals surface area (Å²) in [5, 5.41) is 4.42. The van der Waals surface area contributed by atoms with Crippen molar-refractivity contribution in [1.82, 2.24) is 19.9 Å². The minimum Gasteiger partial charge on any atom is -0.438 e. The van der Waals surface area contributed by atoms with Crippen molar-refractivity contribution in [1.29, 1.82) is 0 Å². The van der Waals surface area contributed by atoms with Crippen LogP contribution in [0.3, 0.4) is 0 Å². The maximum absolute atomic E-state index is 12.8. The van der Waals surface area contributed by atoms with E-state index in [4.69, 9.17) is 16.3 Å². The second kappa shape index (κ2) is 9.56. The molecule has 0 saturated heterocycles. The second-order valence-electron chi connectivity index (χ2n) is 8.02. The average molecular weight is 484 g/mol. The van der Waals surface area contributed by atoms with E-state index in [9.17, 15) is 4.79 Å². The number of benzene rings is 2. The number of anilines is 1. The molecule has 0 aliphatic rings. The lowest BCUT2D eigenvalue weighted by Crippen LogP contribution is -2.12. The SMILES string of the molecule is CCc1nccc(-c2cccnc2Oc2ccc(NC(=O)c3cc4cc(Cl)ccc4[nH]3)cc2C)n1. The van der Waals surface area contributed by atoms with Crippen molar-refractivity contribution in [2.75, 3.05) is 5.32 Å². The van der Waals surface area contributed by atoms with Gasteiger partial charge in [0.25, 0.3) is 5.91 Å². The first-order valence-electron chi connectivity index (χ1n) is 11.2. The Balaban J connectivity index is 1.36. The van der Waals surface area contributed by atoms with Crippen LogP contribution in [0.25, 0.3) is 22.2 Å². The summed E-state index contributed by atoms with van der Waals surface area (Å²) in [5.41, 5.74) is 4.33. The summed E-state index contributed by atoms with van der Waals surface area (Å²) in [6.45, 7) is 3.93. The van der Waals surface area contributed by atoms with Gasteiger partial charge in [-0.25, -0.2) is 15.0 Å². The first kappa shape index (κ1) is 22.6. The molecular formula is C27H22ClN5O2. The van der Waals surface area contributed by atoms with Crippen LogP contribution in [-0.2, 0) is 6.42 Å². The van der Waals surface area contributed by atoms with Gasteiger partial charge in [-0.3, -0.25) is 4.79 Å². The summed E-state index contributed by atoms with van der Waals surface area (Å²) < 4.78 is 6.16. The lowest BCUT2D eigenvalue weighted by molar-refractivity contribution is 0.102. The number of amides is 1. The zero-order chi connectivity index (χ0) is 24.4. The van der Waals surface area contributed by atoms with Crippen LogP contribution < -0.4 is 10.1 Å². The van der Waals surface area contributed by atoms with Crippen LogP contribution in [-0.4, -0.2) is 25.8 Å². The largest absolute Gasteiger partial charge is 0.438 e. The van der Waals surface area contributed by atoms with Gasteiger partial charge in [-0.15, -0.1) is 0 Å². The summed E-state index contributed by atoms with van der Waals surface area (Å²) in [4.78, 5) is 29.2. The van der Waals surface area contributed by atoms with E-state index in [0.717, 1.165) is 40.0 Å². The fourth-order valence-corrected chi connectivity index (χ4v) is 3.94. The minimum absolute atomic E-state index is 0.243. The quantitative estimate of drug-likeness (QED) is 0.284. The Hall–Kier alpha value is -4.23. The van der Waals surface area contributed by atoms with Crippen molar-refractivity contribution in [3.05, 3.63) is 95.2 Å². The van der Waals surface area contributed by atoms with E-state index in [1.165, 1.54) is 0 Å². The second-order valence-corrected chi connectivity index (χ2v) is 8.46. The van der Waals surface area contributed by atoms with E-state index in [1.807, 2.05) is 56.3 Å². The van der Waals surface area contributed by atoms with Crippen LogP contribution in [0.1, 0.15) is 28.8 Å². The van der Waals surface area contributed by atoms with Crippen molar-refractivity contribution >= 4 is 34.1 Å². The van der Waals surface area contributed by atoms with Crippen LogP contribution in [0.15, 0.2) is 73.1 Å². The number of hydrogen-bond donors (Lipinski definition) is 2. The number of nitrogens with one attached hydrogen (secondary N) is 2. The Morgan fingerprint density at radius 2 is 1.94 bits per heavy atom. The molecule has 0 bridgehead atoms. The highest BCUT2D eigenvalue weighted by atomic mass is 35.5. The van der Waals surface area contributed by atoms with Gasteiger partial charge in [-0.1, -0.05) is 18.5 Å². The molecule has 8 heteroatoms. The van der Waals surface area contributed by atoms with Crippen molar-refractivity contribution in [2.24, 2.45) is 0 Å². The molecule has 7 nitrogen and oxygen atoms in total. The molecule has 0 aliphatic heterocycles. The third-order valence-corrected chi connectivity index (χ3v) is 5.77. The highest BCUT2D eigenvalue weighted by Gasteiger charge is 2.14. The highest BCUT2D eigenvalue weighted by Crippen LogP contribution is 2.32. The third kappa shape index (κ3) is 4.85. The molecule has 1 amide bonds. The fraction of sp³-hybridized carbons (Fsp3) is 0.111. The Morgan fingerprint density at radius 1 is 1.06 bits per heavy atom. The number of fused-ring (bicyclic) bond motifs is 1. The predicted molar refractivity (Wildman–Crippen MR) is 137 cm³/mol. The molecule has 0 aliphatic carbocycles. The van der Waals surface area contributed by atoms with Gasteiger partial charge in [0.1, 0.15) is 17.3 Å². The number of nitrogens with zero attached hydrogens (tertiary/aromatic N) is 3. The van der Waals surface area contributed by atoms with Gasteiger partial charge in [0.2, 0.25) is 5.88 Å². The van der Waals surface area contributed by atoms with Crippen LogP contribution in [0.5, 0.6) is 11.6 Å². The van der Waals surface area contributed by atoms with E-state index in [1.54, 1.807) is 30.6 Å². The number of aryl methyl sites for hydroxylation is 2. The number of carbonyl (C=O) groups is 1. The predicted octanol–water partition coefficient (Wildman–Crippen LogP) is 6.59. The molecule has 0 fully saturated rings. The number of ether oxygens (including phenoxy) is 1. The number of H-pyrrole nitrogens is 1. The number of pyridine rings is 1. The van der Waals surface area contributed by atoms with Crippen molar-refractivity contribution < 1.29 is 9.53 Å². The number of carbonyl (C=O) groups excluding carboxylic acids is 1. The normalized spacial score (nSPS) is 10.9. The lowest BCUT2D eigenvalue weighted by atomic mass is 10.1. The molecule has 0 unspecified atom stereocenters. The molecule has 3 heterocycles. The smallest absolute Gasteiger partial charge is 0.272 e. The molecule has 0 spiro atoms. The van der Waals surface area contributed by atoms with Crippen LogP contribution in [0, 0.1) is 6.92 Å². The number of aromatic amines is 1. The Morgan fingerprint density at radius 3 is 2.77 bits per heavy atom. The van der Waals surface area contributed by atoms with Crippen molar-refractivity contribution in [3.63, 3.8) is 0 Å². The lowest BCUT2D eigenvalue weighted by Gasteiger charge is -2.13. The van der Waals surface area contributed by atoms with Gasteiger partial charge in [0.15, 0.2) is 0 Å². The molecule has 174 valence electrons. The maximum Gasteiger partial charge on any atom is 0.272 e. The molecule has 0 saturated carbocycles. The van der Waals surface area contributed by atoms with E-state index in [-0.39, 0.29) is 5.91 Å². The summed E-state index contributed by atoms with van der Waals surface area (Å²) in [6.07, 6.45) is 4.16. The fourth-order valence-electron chi connectivity index (χ4n) is 3.76. The van der Waals surface area contributed by atoms with Crippen molar-refractivity contribution in [3.8, 4) is 22.9 Å².